The summed E-state index contributed by atoms with van der Waals surface area (Å²) in [6.45, 7) is 15.2. The zero-order valence-corrected chi connectivity index (χ0v) is 43.7. The summed E-state index contributed by atoms with van der Waals surface area (Å²) < 4.78 is 0. The fourth-order valence-electron chi connectivity index (χ4n) is 6.79. The summed E-state index contributed by atoms with van der Waals surface area (Å²) in [4.78, 5) is 57.4. The van der Waals surface area contributed by atoms with Gasteiger partial charge < -0.3 is 14.7 Å². The van der Waals surface area contributed by atoms with Gasteiger partial charge in [-0.15, -0.1) is 0 Å². The smallest absolute Gasteiger partial charge is 0.261 e. The summed E-state index contributed by atoms with van der Waals surface area (Å²) in [5.41, 5.74) is 5.11. The molecule has 11 nitrogen and oxygen atoms in total. The predicted molar refractivity (Wildman–Crippen MR) is 288 cm³/mol. The maximum atomic E-state index is 12.3. The van der Waals surface area contributed by atoms with Crippen molar-refractivity contribution in [1.82, 2.24) is 19.6 Å². The van der Waals surface area contributed by atoms with E-state index in [9.17, 15) is 19.2 Å². The van der Waals surface area contributed by atoms with Gasteiger partial charge in [0.1, 0.15) is 0 Å². The second-order valence-corrected chi connectivity index (χ2v) is 16.3. The standard InChI is InChI=1S/C15H13NO2.C13H9NO2.C10H15N.C7H8.C5H13N.C3H9N.C2H6N2.C2H6/c1-2-9-16-14(17)11-7-3-5-10-6-4-8-12(13(10)11)15(16)18;1-14-12(15)9-6-2-4-8-5-3-7-10(11(8)9)13(14)16;1-3-9-11(2)10-7-5-4-6-8-10;1-7-5-3-2-4-6-7;1-4-5-6(2)3;1-4(2)3;1-3-4-2;1-2/h3-8H,2,9H2,1H3;2-7H,1H3;4-8H,3,9H2,1-2H3;2-6H,1H3;4-5H2,1-3H3;1-3H3;1-2H3;1-2H3. The Labute approximate surface area is 408 Å². The maximum absolute atomic E-state index is 12.3. The highest BCUT2D eigenvalue weighted by Crippen LogP contribution is 2.31. The number of azo groups is 1. The van der Waals surface area contributed by atoms with E-state index >= 15 is 0 Å². The fourth-order valence-corrected chi connectivity index (χ4v) is 6.79. The van der Waals surface area contributed by atoms with Gasteiger partial charge in [0.05, 0.1) is 0 Å². The van der Waals surface area contributed by atoms with Crippen molar-refractivity contribution in [2.24, 2.45) is 10.2 Å². The molecule has 0 bridgehead atoms. The Bertz CT molecular complexity index is 2330. The van der Waals surface area contributed by atoms with Gasteiger partial charge in [0, 0.05) is 80.0 Å². The molecule has 366 valence electrons. The minimum Gasteiger partial charge on any atom is -0.375 e. The van der Waals surface area contributed by atoms with Crippen LogP contribution in [0.15, 0.2) is 144 Å². The van der Waals surface area contributed by atoms with Crippen molar-refractivity contribution in [2.75, 3.05) is 88.0 Å². The molecule has 0 radical (unpaired) electrons. The van der Waals surface area contributed by atoms with Crippen molar-refractivity contribution in [1.29, 1.82) is 0 Å². The lowest BCUT2D eigenvalue weighted by atomic mass is 9.94. The van der Waals surface area contributed by atoms with E-state index < -0.39 is 0 Å². The van der Waals surface area contributed by atoms with Gasteiger partial charge in [-0.05, 0) is 115 Å². The topological polar surface area (TPSA) is 109 Å². The van der Waals surface area contributed by atoms with Crippen LogP contribution < -0.4 is 4.90 Å². The van der Waals surface area contributed by atoms with E-state index in [4.69, 9.17) is 0 Å². The lowest BCUT2D eigenvalue weighted by Gasteiger charge is -2.26. The summed E-state index contributed by atoms with van der Waals surface area (Å²) in [7, 11) is 17.1. The third kappa shape index (κ3) is 19.0. The number of carbonyl (C=O) groups excluding carboxylic acids is 4. The molecule has 0 N–H and O–H groups in total. The number of hydrogen-bond acceptors (Lipinski definition) is 9. The van der Waals surface area contributed by atoms with E-state index in [0.29, 0.717) is 28.8 Å². The van der Waals surface area contributed by atoms with Crippen LogP contribution in [0.4, 0.5) is 5.69 Å². The molecule has 11 heteroatoms. The number of amides is 4. The number of carbonyl (C=O) groups is 4. The van der Waals surface area contributed by atoms with Gasteiger partial charge in [-0.2, -0.15) is 10.2 Å². The van der Waals surface area contributed by atoms with Gasteiger partial charge in [-0.3, -0.25) is 29.0 Å². The van der Waals surface area contributed by atoms with Crippen LogP contribution in [-0.4, -0.2) is 126 Å². The molecule has 2 aliphatic rings. The van der Waals surface area contributed by atoms with Gasteiger partial charge in [0.15, 0.2) is 0 Å². The zero-order valence-electron chi connectivity index (χ0n) is 43.7. The molecular weight excluding hydrogens is 847 g/mol. The molecule has 0 unspecified atom stereocenters. The molecule has 0 atom stereocenters. The van der Waals surface area contributed by atoms with Gasteiger partial charge in [0.2, 0.25) is 0 Å². The Balaban J connectivity index is 0.000000423. The van der Waals surface area contributed by atoms with E-state index in [1.165, 1.54) is 42.6 Å². The highest BCUT2D eigenvalue weighted by atomic mass is 16.2. The second-order valence-electron chi connectivity index (χ2n) is 16.3. The molecule has 0 fully saturated rings. The molecule has 0 aromatic heterocycles. The van der Waals surface area contributed by atoms with Crippen molar-refractivity contribution >= 4 is 50.9 Å². The minimum absolute atomic E-state index is 0.175. The van der Waals surface area contributed by atoms with Crippen LogP contribution in [0.3, 0.4) is 0 Å². The van der Waals surface area contributed by atoms with E-state index in [1.807, 2.05) is 120 Å². The summed E-state index contributed by atoms with van der Waals surface area (Å²) in [6.07, 6.45) is 3.23. The highest BCUT2D eigenvalue weighted by Gasteiger charge is 2.32. The van der Waals surface area contributed by atoms with E-state index in [2.05, 4.69) is 98.3 Å². The number of benzene rings is 6. The molecule has 0 aliphatic carbocycles. The largest absolute Gasteiger partial charge is 0.375 e. The van der Waals surface area contributed by atoms with Gasteiger partial charge in [0.25, 0.3) is 23.6 Å². The van der Waals surface area contributed by atoms with Crippen LogP contribution in [0.5, 0.6) is 0 Å². The van der Waals surface area contributed by atoms with Crippen molar-refractivity contribution < 1.29 is 19.2 Å². The van der Waals surface area contributed by atoms with Gasteiger partial charge in [-0.1, -0.05) is 137 Å². The average molecular weight is 926 g/mol. The first-order chi connectivity index (χ1) is 32.6. The number of nitrogens with zero attached hydrogens (tertiary/aromatic N) is 7. The molecule has 2 heterocycles. The molecule has 6 aromatic rings. The van der Waals surface area contributed by atoms with Crippen molar-refractivity contribution in [3.63, 3.8) is 0 Å². The number of para-hydroxylation sites is 1. The van der Waals surface area contributed by atoms with Crippen LogP contribution in [0, 0.1) is 6.92 Å². The molecule has 0 spiro atoms. The Morgan fingerprint density at radius 3 is 1.10 bits per heavy atom. The fraction of sp³-hybridized carbons (Fsp3) is 0.368. The Morgan fingerprint density at radius 1 is 0.471 bits per heavy atom. The number of hydrogen-bond donors (Lipinski definition) is 0. The zero-order chi connectivity index (χ0) is 51.2. The second kappa shape index (κ2) is 33.0. The monoisotopic (exact) mass is 926 g/mol. The SMILES string of the molecule is CC.CCCN(C)C.CCCN(C)c1ccccc1.CCCN1C(=O)c2cccc3cccc(c23)C1=O.CN(C)C.CN1C(=O)c2cccc3cccc(c23)C1=O.CN=NC.Cc1ccccc1. The molecule has 2 aliphatic heterocycles. The Kier molecular flexibility index (Phi) is 28.9. The van der Waals surface area contributed by atoms with Crippen molar-refractivity contribution in [3.05, 3.63) is 161 Å². The molecule has 0 saturated heterocycles. The van der Waals surface area contributed by atoms with Gasteiger partial charge in [-0.25, -0.2) is 0 Å². The van der Waals surface area contributed by atoms with Gasteiger partial charge >= 0.3 is 0 Å². The third-order valence-electron chi connectivity index (χ3n) is 9.85. The van der Waals surface area contributed by atoms with Crippen LogP contribution in [-0.2, 0) is 0 Å². The lowest BCUT2D eigenvalue weighted by molar-refractivity contribution is 0.0605. The van der Waals surface area contributed by atoms with Crippen LogP contribution in [0.2, 0.25) is 0 Å². The summed E-state index contributed by atoms with van der Waals surface area (Å²) in [5, 5.41) is 10.2. The molecule has 4 amide bonds. The minimum atomic E-state index is -0.228. The van der Waals surface area contributed by atoms with Crippen LogP contribution >= 0.6 is 0 Å². The molecule has 6 aromatic carbocycles. The quantitative estimate of drug-likeness (QED) is 0.116. The highest BCUT2D eigenvalue weighted by molar-refractivity contribution is 6.26. The molecule has 68 heavy (non-hydrogen) atoms. The normalized spacial score (nSPS) is 11.8. The first-order valence-electron chi connectivity index (χ1n) is 23.5. The van der Waals surface area contributed by atoms with E-state index in [1.54, 1.807) is 38.4 Å². The number of aryl methyl sites for hydroxylation is 1. The van der Waals surface area contributed by atoms with E-state index in [-0.39, 0.29) is 23.6 Å². The number of anilines is 1. The summed E-state index contributed by atoms with van der Waals surface area (Å²) in [5.74, 6) is -0.805. The number of rotatable bonds is 7. The molecule has 8 rings (SSSR count). The van der Waals surface area contributed by atoms with E-state index in [0.717, 1.165) is 39.4 Å². The summed E-state index contributed by atoms with van der Waals surface area (Å²) in [6, 6.07) is 42.9. The third-order valence-corrected chi connectivity index (χ3v) is 9.85. The molecular formula is C57H79N7O4. The van der Waals surface area contributed by atoms with Crippen LogP contribution in [0.1, 0.15) is 101 Å². The maximum Gasteiger partial charge on any atom is 0.261 e. The Morgan fingerprint density at radius 2 is 0.824 bits per heavy atom. The van der Waals surface area contributed by atoms with Crippen molar-refractivity contribution in [3.8, 4) is 0 Å². The molecule has 0 saturated carbocycles. The van der Waals surface area contributed by atoms with Crippen LogP contribution in [0.25, 0.3) is 21.5 Å². The predicted octanol–water partition coefficient (Wildman–Crippen LogP) is 12.3. The summed E-state index contributed by atoms with van der Waals surface area (Å²) >= 11 is 0. The average Bonchev–Trinajstić information content (AvgIpc) is 3.35. The lowest BCUT2D eigenvalue weighted by Crippen LogP contribution is -2.40. The Hall–Kier alpha value is -6.56. The number of imide groups is 2. The first kappa shape index (κ1) is 59.5. The van der Waals surface area contributed by atoms with Crippen molar-refractivity contribution in [2.45, 2.75) is 60.8 Å². The first-order valence-corrected chi connectivity index (χ1v) is 23.5.